The van der Waals surface area contributed by atoms with Crippen molar-refractivity contribution in [1.82, 2.24) is 0 Å². The van der Waals surface area contributed by atoms with Crippen molar-refractivity contribution in [1.29, 1.82) is 0 Å². The monoisotopic (exact) mass is 413 g/mol. The molecule has 0 saturated heterocycles. The van der Waals surface area contributed by atoms with Gasteiger partial charge in [0.15, 0.2) is 0 Å². The third-order valence-corrected chi connectivity index (χ3v) is 3.65. The molecule has 0 bridgehead atoms. The van der Waals surface area contributed by atoms with Crippen molar-refractivity contribution >= 4 is 46.0 Å². The Labute approximate surface area is 137 Å². The van der Waals surface area contributed by atoms with Gasteiger partial charge in [-0.2, -0.15) is 0 Å². The van der Waals surface area contributed by atoms with E-state index in [1.165, 1.54) is 14.2 Å². The van der Waals surface area contributed by atoms with Gasteiger partial charge < -0.3 is 14.2 Å². The number of methoxy groups -OCH3 is 2. The zero-order valence-electron chi connectivity index (χ0n) is 12.0. The summed E-state index contributed by atoms with van der Waals surface area (Å²) < 4.78 is 16.3. The Morgan fingerprint density at radius 2 is 1.80 bits per heavy atom. The third kappa shape index (κ3) is 4.31. The van der Waals surface area contributed by atoms with Crippen LogP contribution in [0.4, 0.5) is 10.5 Å². The van der Waals surface area contributed by atoms with E-state index >= 15 is 0 Å². The SMILES string of the molecule is COc1cc(OC)c(I)c(NC(=O)OC(C)(C)C)c1Cl. The average Bonchev–Trinajstić information content (AvgIpc) is 2.33. The Morgan fingerprint density at radius 1 is 1.25 bits per heavy atom. The van der Waals surface area contributed by atoms with Crippen LogP contribution in [0, 0.1) is 3.57 Å². The van der Waals surface area contributed by atoms with Crippen LogP contribution >= 0.6 is 34.2 Å². The summed E-state index contributed by atoms with van der Waals surface area (Å²) in [6.07, 6.45) is -0.590. The summed E-state index contributed by atoms with van der Waals surface area (Å²) in [4.78, 5) is 11.9. The van der Waals surface area contributed by atoms with E-state index < -0.39 is 11.7 Å². The van der Waals surface area contributed by atoms with E-state index in [2.05, 4.69) is 5.32 Å². The number of benzene rings is 1. The maximum Gasteiger partial charge on any atom is 0.412 e. The molecule has 0 aromatic heterocycles. The molecule has 1 rings (SSSR count). The van der Waals surface area contributed by atoms with Gasteiger partial charge in [-0.1, -0.05) is 11.6 Å². The molecule has 112 valence electrons. The minimum atomic E-state index is -0.592. The molecule has 0 aliphatic rings. The summed E-state index contributed by atoms with van der Waals surface area (Å²) in [7, 11) is 3.02. The highest BCUT2D eigenvalue weighted by Crippen LogP contribution is 2.41. The minimum Gasteiger partial charge on any atom is -0.495 e. The van der Waals surface area contributed by atoms with Crippen LogP contribution in [0.5, 0.6) is 11.5 Å². The number of amides is 1. The number of rotatable bonds is 3. The van der Waals surface area contributed by atoms with Gasteiger partial charge in [0.1, 0.15) is 22.1 Å². The number of halogens is 2. The molecule has 1 N–H and O–H groups in total. The van der Waals surface area contributed by atoms with Crippen LogP contribution in [0.2, 0.25) is 5.02 Å². The van der Waals surface area contributed by atoms with Gasteiger partial charge in [-0.05, 0) is 43.4 Å². The molecule has 0 atom stereocenters. The maximum atomic E-state index is 11.9. The van der Waals surface area contributed by atoms with Crippen molar-refractivity contribution in [2.45, 2.75) is 26.4 Å². The predicted molar refractivity (Wildman–Crippen MR) is 87.1 cm³/mol. The smallest absolute Gasteiger partial charge is 0.412 e. The molecule has 1 aromatic rings. The first-order valence-corrected chi connectivity index (χ1v) is 7.25. The van der Waals surface area contributed by atoms with Crippen LogP contribution in [-0.2, 0) is 4.74 Å². The van der Waals surface area contributed by atoms with Crippen molar-refractivity contribution in [3.63, 3.8) is 0 Å². The number of nitrogens with one attached hydrogen (secondary N) is 1. The lowest BCUT2D eigenvalue weighted by Crippen LogP contribution is -2.27. The molecule has 7 heteroatoms. The fourth-order valence-electron chi connectivity index (χ4n) is 1.40. The molecule has 0 heterocycles. The Morgan fingerprint density at radius 3 is 2.25 bits per heavy atom. The van der Waals surface area contributed by atoms with E-state index in [1.807, 2.05) is 22.6 Å². The summed E-state index contributed by atoms with van der Waals surface area (Å²) in [6, 6.07) is 1.66. The van der Waals surface area contributed by atoms with E-state index in [0.29, 0.717) is 25.8 Å². The topological polar surface area (TPSA) is 56.8 Å². The molecule has 0 saturated carbocycles. The number of carbonyl (C=O) groups excluding carboxylic acids is 1. The van der Waals surface area contributed by atoms with E-state index in [0.717, 1.165) is 0 Å². The molecule has 5 nitrogen and oxygen atoms in total. The largest absolute Gasteiger partial charge is 0.495 e. The number of hydrogen-bond acceptors (Lipinski definition) is 4. The quantitative estimate of drug-likeness (QED) is 0.750. The lowest BCUT2D eigenvalue weighted by Gasteiger charge is -2.21. The van der Waals surface area contributed by atoms with Crippen molar-refractivity contribution in [3.8, 4) is 11.5 Å². The van der Waals surface area contributed by atoms with Crippen molar-refractivity contribution in [2.75, 3.05) is 19.5 Å². The molecule has 0 radical (unpaired) electrons. The highest BCUT2D eigenvalue weighted by molar-refractivity contribution is 14.1. The van der Waals surface area contributed by atoms with Crippen molar-refractivity contribution < 1.29 is 19.0 Å². The zero-order valence-corrected chi connectivity index (χ0v) is 14.9. The fourth-order valence-corrected chi connectivity index (χ4v) is 2.61. The molecule has 0 spiro atoms. The first-order chi connectivity index (χ1) is 9.19. The normalized spacial score (nSPS) is 10.9. The molecule has 1 aromatic carbocycles. The number of hydrogen-bond donors (Lipinski definition) is 1. The molecule has 1 amide bonds. The molecule has 0 fully saturated rings. The third-order valence-electron chi connectivity index (χ3n) is 2.20. The molecule has 0 unspecified atom stereocenters. The number of ether oxygens (including phenoxy) is 3. The highest BCUT2D eigenvalue weighted by Gasteiger charge is 2.22. The Balaban J connectivity index is 3.14. The molecule has 20 heavy (non-hydrogen) atoms. The van der Waals surface area contributed by atoms with Crippen LogP contribution in [0.1, 0.15) is 20.8 Å². The number of anilines is 1. The second-order valence-electron chi connectivity index (χ2n) is 4.91. The van der Waals surface area contributed by atoms with Crippen LogP contribution < -0.4 is 14.8 Å². The summed E-state index contributed by atoms with van der Waals surface area (Å²) in [6.45, 7) is 5.35. The first-order valence-electron chi connectivity index (χ1n) is 5.79. The van der Waals surface area contributed by atoms with Gasteiger partial charge in [0, 0.05) is 6.07 Å². The van der Waals surface area contributed by atoms with Crippen LogP contribution in [-0.4, -0.2) is 25.9 Å². The molecular formula is C13H17ClINO4. The molecular weight excluding hydrogens is 397 g/mol. The Bertz CT molecular complexity index is 486. The Hall–Kier alpha value is -0.890. The van der Waals surface area contributed by atoms with E-state index in [1.54, 1.807) is 26.8 Å². The van der Waals surface area contributed by atoms with Gasteiger partial charge in [0.2, 0.25) is 0 Å². The maximum absolute atomic E-state index is 11.9. The lowest BCUT2D eigenvalue weighted by atomic mass is 10.2. The zero-order chi connectivity index (χ0) is 15.5. The second kappa shape index (κ2) is 6.71. The summed E-state index contributed by atoms with van der Waals surface area (Å²) in [5, 5.41) is 2.92. The van der Waals surface area contributed by atoms with E-state index in [9.17, 15) is 4.79 Å². The van der Waals surface area contributed by atoms with Crippen molar-refractivity contribution in [3.05, 3.63) is 14.7 Å². The summed E-state index contributed by atoms with van der Waals surface area (Å²) in [5.74, 6) is 0.966. The van der Waals surface area contributed by atoms with Crippen LogP contribution in [0.25, 0.3) is 0 Å². The van der Waals surface area contributed by atoms with Gasteiger partial charge in [0.25, 0.3) is 0 Å². The van der Waals surface area contributed by atoms with Gasteiger partial charge in [0.05, 0.1) is 23.5 Å². The highest BCUT2D eigenvalue weighted by atomic mass is 127. The van der Waals surface area contributed by atoms with Gasteiger partial charge >= 0.3 is 6.09 Å². The van der Waals surface area contributed by atoms with Crippen LogP contribution in [0.15, 0.2) is 6.07 Å². The molecule has 0 aliphatic heterocycles. The van der Waals surface area contributed by atoms with Gasteiger partial charge in [-0.15, -0.1) is 0 Å². The standard InChI is InChI=1S/C13H17ClINO4/c1-13(2,3)20-12(17)16-11-9(14)7(18-4)6-8(19-5)10(11)15/h6H,1-5H3,(H,16,17). The second-order valence-corrected chi connectivity index (χ2v) is 6.37. The first kappa shape index (κ1) is 17.2. The van der Waals surface area contributed by atoms with Gasteiger partial charge in [-0.25, -0.2) is 4.79 Å². The molecule has 0 aliphatic carbocycles. The summed E-state index contributed by atoms with van der Waals surface area (Å²) >= 11 is 8.24. The van der Waals surface area contributed by atoms with Gasteiger partial charge in [-0.3, -0.25) is 5.32 Å². The average molecular weight is 414 g/mol. The van der Waals surface area contributed by atoms with E-state index in [4.69, 9.17) is 25.8 Å². The Kier molecular flexibility index (Phi) is 5.76. The van der Waals surface area contributed by atoms with Crippen molar-refractivity contribution in [2.24, 2.45) is 0 Å². The summed E-state index contributed by atoms with van der Waals surface area (Å²) in [5.41, 5.74) is -0.192. The predicted octanol–water partition coefficient (Wildman–Crippen LogP) is 4.31. The van der Waals surface area contributed by atoms with E-state index in [-0.39, 0.29) is 0 Å². The number of carbonyl (C=O) groups is 1. The van der Waals surface area contributed by atoms with Crippen LogP contribution in [0.3, 0.4) is 0 Å². The fraction of sp³-hybridized carbons (Fsp3) is 0.462. The lowest BCUT2D eigenvalue weighted by molar-refractivity contribution is 0.0636. The minimum absolute atomic E-state index is 0.295.